The van der Waals surface area contributed by atoms with Gasteiger partial charge in [0.1, 0.15) is 10.6 Å². The van der Waals surface area contributed by atoms with Crippen LogP contribution in [0.3, 0.4) is 0 Å². The second kappa shape index (κ2) is 10.2. The number of nitrogens with one attached hydrogen (secondary N) is 2. The van der Waals surface area contributed by atoms with Crippen molar-refractivity contribution in [2.24, 2.45) is 0 Å². The van der Waals surface area contributed by atoms with Gasteiger partial charge in [-0.25, -0.2) is 13.2 Å². The Morgan fingerprint density at radius 3 is 2.14 bits per heavy atom. The molecule has 8 nitrogen and oxygen atoms in total. The molecule has 0 saturated carbocycles. The Bertz CT molecular complexity index is 1440. The maximum atomic E-state index is 13.5. The molecule has 35 heavy (non-hydrogen) atoms. The van der Waals surface area contributed by atoms with E-state index >= 15 is 0 Å². The van der Waals surface area contributed by atoms with Crippen molar-refractivity contribution in [3.63, 3.8) is 0 Å². The number of aromatic carboxylic acids is 1. The SMILES string of the molecule is Nc1ccccc1NS(=O)(=O)c1cc(C(=O)O)cc(NCc2ccccc2)c1Oc1ccccc1. The summed E-state index contributed by atoms with van der Waals surface area (Å²) in [4.78, 5) is 11.5. The summed E-state index contributed by atoms with van der Waals surface area (Å²) in [7, 11) is -4.31. The number of benzene rings is 4. The summed E-state index contributed by atoms with van der Waals surface area (Å²) in [5, 5.41) is 12.8. The van der Waals surface area contributed by atoms with E-state index < -0.39 is 16.0 Å². The van der Waals surface area contributed by atoms with Crippen LogP contribution in [0, 0.1) is 0 Å². The van der Waals surface area contributed by atoms with Crippen LogP contribution in [0.25, 0.3) is 0 Å². The summed E-state index contributed by atoms with van der Waals surface area (Å²) < 4.78 is 35.5. The molecule has 0 aliphatic rings. The van der Waals surface area contributed by atoms with E-state index in [4.69, 9.17) is 10.5 Å². The molecule has 0 aromatic heterocycles. The first-order valence-corrected chi connectivity index (χ1v) is 12.1. The van der Waals surface area contributed by atoms with Crippen LogP contribution in [0.5, 0.6) is 11.5 Å². The van der Waals surface area contributed by atoms with Gasteiger partial charge in [-0.05, 0) is 42.0 Å². The van der Waals surface area contributed by atoms with Crippen molar-refractivity contribution in [2.75, 3.05) is 15.8 Å². The van der Waals surface area contributed by atoms with E-state index in [-0.39, 0.29) is 33.3 Å². The van der Waals surface area contributed by atoms with E-state index in [1.165, 1.54) is 12.1 Å². The Balaban J connectivity index is 1.84. The smallest absolute Gasteiger partial charge is 0.335 e. The minimum Gasteiger partial charge on any atom is -0.478 e. The lowest BCUT2D eigenvalue weighted by Crippen LogP contribution is -2.17. The normalized spacial score (nSPS) is 11.0. The predicted molar refractivity (Wildman–Crippen MR) is 135 cm³/mol. The summed E-state index contributed by atoms with van der Waals surface area (Å²) in [6.07, 6.45) is 0. The molecule has 0 bridgehead atoms. The lowest BCUT2D eigenvalue weighted by Gasteiger charge is -2.19. The van der Waals surface area contributed by atoms with Crippen molar-refractivity contribution in [1.29, 1.82) is 0 Å². The number of para-hydroxylation sites is 3. The first-order chi connectivity index (χ1) is 16.8. The largest absolute Gasteiger partial charge is 0.478 e. The molecule has 9 heteroatoms. The number of nitrogens with two attached hydrogens (primary N) is 1. The monoisotopic (exact) mass is 489 g/mol. The third kappa shape index (κ3) is 5.71. The average Bonchev–Trinajstić information content (AvgIpc) is 2.85. The van der Waals surface area contributed by atoms with Crippen LogP contribution < -0.4 is 20.5 Å². The first kappa shape index (κ1) is 23.7. The van der Waals surface area contributed by atoms with Gasteiger partial charge in [0, 0.05) is 6.54 Å². The van der Waals surface area contributed by atoms with Gasteiger partial charge in [0.05, 0.1) is 22.6 Å². The number of anilines is 3. The molecule has 0 aliphatic heterocycles. The van der Waals surface area contributed by atoms with Crippen molar-refractivity contribution in [3.8, 4) is 11.5 Å². The van der Waals surface area contributed by atoms with Crippen molar-refractivity contribution in [3.05, 3.63) is 108 Å². The number of nitrogen functional groups attached to an aromatic ring is 1. The maximum absolute atomic E-state index is 13.5. The van der Waals surface area contributed by atoms with Gasteiger partial charge in [0.25, 0.3) is 10.0 Å². The molecule has 0 amide bonds. The topological polar surface area (TPSA) is 131 Å². The van der Waals surface area contributed by atoms with Crippen LogP contribution in [0.1, 0.15) is 15.9 Å². The molecule has 0 radical (unpaired) electrons. The number of sulfonamides is 1. The van der Waals surface area contributed by atoms with Crippen LogP contribution in [-0.2, 0) is 16.6 Å². The van der Waals surface area contributed by atoms with Gasteiger partial charge in [0.15, 0.2) is 5.75 Å². The van der Waals surface area contributed by atoms with Gasteiger partial charge < -0.3 is 20.9 Å². The minimum absolute atomic E-state index is 0.0425. The summed E-state index contributed by atoms with van der Waals surface area (Å²) in [6, 6.07) is 26.8. The average molecular weight is 490 g/mol. The van der Waals surface area contributed by atoms with E-state index in [0.717, 1.165) is 11.6 Å². The standard InChI is InChI=1S/C26H23N3O5S/c27-21-13-7-8-14-22(21)29-35(32,33)24-16-19(26(30)31)15-23(28-17-18-9-3-1-4-10-18)25(24)34-20-11-5-2-6-12-20/h1-16,28-29H,17,27H2,(H,30,31). The van der Waals surface area contributed by atoms with Gasteiger partial charge >= 0.3 is 5.97 Å². The number of carbonyl (C=O) groups is 1. The zero-order valence-electron chi connectivity index (χ0n) is 18.5. The fourth-order valence-electron chi connectivity index (χ4n) is 3.35. The van der Waals surface area contributed by atoms with E-state index in [9.17, 15) is 18.3 Å². The highest BCUT2D eigenvalue weighted by atomic mass is 32.2. The van der Waals surface area contributed by atoms with Gasteiger partial charge in [-0.1, -0.05) is 60.7 Å². The lowest BCUT2D eigenvalue weighted by atomic mass is 10.1. The molecule has 5 N–H and O–H groups in total. The third-order valence-electron chi connectivity index (χ3n) is 5.09. The fraction of sp³-hybridized carbons (Fsp3) is 0.0385. The van der Waals surface area contributed by atoms with Gasteiger partial charge in [0.2, 0.25) is 0 Å². The number of carboxylic acids is 1. The van der Waals surface area contributed by atoms with Gasteiger partial charge in [-0.15, -0.1) is 0 Å². The molecular formula is C26H23N3O5S. The molecule has 0 atom stereocenters. The molecule has 0 spiro atoms. The number of hydrogen-bond donors (Lipinski definition) is 4. The van der Waals surface area contributed by atoms with Crippen LogP contribution in [0.2, 0.25) is 0 Å². The van der Waals surface area contributed by atoms with Crippen LogP contribution in [0.15, 0.2) is 102 Å². The predicted octanol–water partition coefficient (Wildman–Crippen LogP) is 5.17. The van der Waals surface area contributed by atoms with Crippen LogP contribution >= 0.6 is 0 Å². The van der Waals surface area contributed by atoms with Gasteiger partial charge in [-0.3, -0.25) is 4.72 Å². The Morgan fingerprint density at radius 1 is 0.857 bits per heavy atom. The summed E-state index contributed by atoms with van der Waals surface area (Å²) in [6.45, 7) is 0.313. The zero-order chi connectivity index (χ0) is 24.8. The molecule has 0 aliphatic carbocycles. The molecule has 0 unspecified atom stereocenters. The molecule has 4 aromatic carbocycles. The lowest BCUT2D eigenvalue weighted by molar-refractivity contribution is 0.0696. The first-order valence-electron chi connectivity index (χ1n) is 10.6. The molecule has 178 valence electrons. The highest BCUT2D eigenvalue weighted by molar-refractivity contribution is 7.92. The van der Waals surface area contributed by atoms with Crippen molar-refractivity contribution in [2.45, 2.75) is 11.4 Å². The number of ether oxygens (including phenoxy) is 1. The quantitative estimate of drug-likeness (QED) is 0.239. The number of carboxylic acid groups (broad SMARTS) is 1. The van der Waals surface area contributed by atoms with E-state index in [0.29, 0.717) is 12.3 Å². The Kier molecular flexibility index (Phi) is 6.88. The van der Waals surface area contributed by atoms with Gasteiger partial charge in [-0.2, -0.15) is 0 Å². The number of rotatable bonds is 9. The Morgan fingerprint density at radius 2 is 1.49 bits per heavy atom. The summed E-state index contributed by atoms with van der Waals surface area (Å²) in [5.41, 5.74) is 7.21. The highest BCUT2D eigenvalue weighted by Crippen LogP contribution is 2.39. The van der Waals surface area contributed by atoms with Crippen molar-refractivity contribution in [1.82, 2.24) is 0 Å². The maximum Gasteiger partial charge on any atom is 0.335 e. The Labute approximate surface area is 203 Å². The molecule has 4 aromatic rings. The highest BCUT2D eigenvalue weighted by Gasteiger charge is 2.27. The Hall–Kier alpha value is -4.50. The molecule has 0 heterocycles. The molecule has 4 rings (SSSR count). The fourth-order valence-corrected chi connectivity index (χ4v) is 4.61. The summed E-state index contributed by atoms with van der Waals surface area (Å²) >= 11 is 0. The van der Waals surface area contributed by atoms with Crippen LogP contribution in [0.4, 0.5) is 17.1 Å². The van der Waals surface area contributed by atoms with E-state index in [2.05, 4.69) is 10.0 Å². The minimum atomic E-state index is -4.31. The second-order valence-corrected chi connectivity index (χ2v) is 9.25. The van der Waals surface area contributed by atoms with E-state index in [1.807, 2.05) is 30.3 Å². The van der Waals surface area contributed by atoms with Crippen LogP contribution in [-0.4, -0.2) is 19.5 Å². The summed E-state index contributed by atoms with van der Waals surface area (Å²) in [5.74, 6) is -0.942. The van der Waals surface area contributed by atoms with E-state index in [1.54, 1.807) is 48.5 Å². The van der Waals surface area contributed by atoms with Crippen molar-refractivity contribution >= 4 is 33.1 Å². The second-order valence-electron chi connectivity index (χ2n) is 7.60. The third-order valence-corrected chi connectivity index (χ3v) is 6.46. The number of hydrogen-bond acceptors (Lipinski definition) is 6. The molecular weight excluding hydrogens is 466 g/mol. The van der Waals surface area contributed by atoms with Crippen molar-refractivity contribution < 1.29 is 23.1 Å². The molecule has 0 fully saturated rings. The molecule has 0 saturated heterocycles. The zero-order valence-corrected chi connectivity index (χ0v) is 19.3.